The molecule has 0 aromatic heterocycles. The van der Waals surface area contributed by atoms with Crippen LogP contribution in [0.1, 0.15) is 51.4 Å². The van der Waals surface area contributed by atoms with Gasteiger partial charge in [0.1, 0.15) is 6.04 Å². The first kappa shape index (κ1) is 21.6. The average molecular weight is 450 g/mol. The number of nitriles is 1. The third-order valence-electron chi connectivity index (χ3n) is 9.29. The van der Waals surface area contributed by atoms with Crippen molar-refractivity contribution in [1.82, 2.24) is 19.2 Å². The average Bonchev–Trinajstić information content (AvgIpc) is 3.42. The maximum Gasteiger partial charge on any atom is 0.278 e. The van der Waals surface area contributed by atoms with Crippen LogP contribution in [0, 0.1) is 40.4 Å². The Labute approximate surface area is 185 Å². The summed E-state index contributed by atoms with van der Waals surface area (Å²) in [6, 6.07) is 2.01. The Kier molecular flexibility index (Phi) is 5.17. The Morgan fingerprint density at radius 2 is 2.06 bits per heavy atom. The van der Waals surface area contributed by atoms with Gasteiger partial charge >= 0.3 is 0 Å². The lowest BCUT2D eigenvalue weighted by Gasteiger charge is -2.40. The molecule has 9 heteroatoms. The topological polar surface area (TPSA) is 106 Å². The first-order valence-corrected chi connectivity index (χ1v) is 13.2. The molecule has 5 aliphatic rings. The molecule has 4 saturated carbocycles. The molecule has 31 heavy (non-hydrogen) atoms. The highest BCUT2D eigenvalue weighted by Gasteiger charge is 2.69. The van der Waals surface area contributed by atoms with E-state index in [1.54, 1.807) is 19.0 Å². The molecule has 0 aromatic rings. The van der Waals surface area contributed by atoms with E-state index in [0.29, 0.717) is 48.7 Å². The van der Waals surface area contributed by atoms with Crippen LogP contribution in [-0.2, 0) is 15.0 Å². The summed E-state index contributed by atoms with van der Waals surface area (Å²) in [6.07, 6.45) is 8.64. The van der Waals surface area contributed by atoms with Gasteiger partial charge in [-0.3, -0.25) is 4.79 Å². The molecule has 2 N–H and O–H groups in total. The maximum atomic E-state index is 12.8. The zero-order valence-corrected chi connectivity index (χ0v) is 19.5. The number of amides is 1. The summed E-state index contributed by atoms with van der Waals surface area (Å²) in [5.41, 5.74) is 0.379. The van der Waals surface area contributed by atoms with Gasteiger partial charge in [0, 0.05) is 32.7 Å². The fourth-order valence-corrected chi connectivity index (χ4v) is 8.95. The molecule has 8 nitrogen and oxygen atoms in total. The molecule has 1 heterocycles. The Morgan fingerprint density at radius 1 is 1.26 bits per heavy atom. The van der Waals surface area contributed by atoms with E-state index in [4.69, 9.17) is 0 Å². The number of carbonyl (C=O) groups is 1. The molecule has 7 unspecified atom stereocenters. The van der Waals surface area contributed by atoms with Gasteiger partial charge in [-0.1, -0.05) is 0 Å². The molecular weight excluding hydrogens is 414 g/mol. The van der Waals surface area contributed by atoms with Crippen LogP contribution in [0.5, 0.6) is 0 Å². The van der Waals surface area contributed by atoms with Gasteiger partial charge in [-0.25, -0.2) is 4.72 Å². The Balaban J connectivity index is 1.24. The van der Waals surface area contributed by atoms with Crippen molar-refractivity contribution in [3.63, 3.8) is 0 Å². The van der Waals surface area contributed by atoms with Gasteiger partial charge < -0.3 is 10.2 Å². The second-order valence-electron chi connectivity index (χ2n) is 11.1. The predicted octanol–water partition coefficient (Wildman–Crippen LogP) is 1.07. The van der Waals surface area contributed by atoms with Gasteiger partial charge in [-0.2, -0.15) is 18.0 Å². The number of hydrogen-bond acceptors (Lipinski definition) is 5. The molecule has 1 spiro atoms. The molecule has 1 aliphatic heterocycles. The van der Waals surface area contributed by atoms with Crippen molar-refractivity contribution in [2.24, 2.45) is 29.1 Å². The summed E-state index contributed by atoms with van der Waals surface area (Å²) in [4.78, 5) is 14.6. The van der Waals surface area contributed by atoms with Crippen molar-refractivity contribution in [3.05, 3.63) is 0 Å². The fraction of sp³-hybridized carbons (Fsp3) is 0.909. The molecule has 172 valence electrons. The summed E-state index contributed by atoms with van der Waals surface area (Å²) in [7, 11) is -0.253. The fourth-order valence-electron chi connectivity index (χ4n) is 8.27. The quantitative estimate of drug-likeness (QED) is 0.605. The Bertz CT molecular complexity index is 901. The SMILES string of the molecule is CN(C)S(=O)(=O)NCC1CC2CC3(NCC(=O)N4CCCC4C#N)CC4CC1C2(C4)C3. The van der Waals surface area contributed by atoms with Gasteiger partial charge in [-0.05, 0) is 80.5 Å². The standard InChI is InChI=1S/C22H35N5O3S/c1-26(2)31(29,30)25-12-16-7-17-10-21(8-15-6-19(16)22(17,9-15)14-21)24-13-20(28)27-5-3-4-18(27)11-23/h15-19,24-25H,3-10,12-14H2,1-2H3. The number of nitrogens with one attached hydrogen (secondary N) is 2. The zero-order valence-electron chi connectivity index (χ0n) is 18.6. The van der Waals surface area contributed by atoms with Crippen LogP contribution >= 0.6 is 0 Å². The van der Waals surface area contributed by atoms with Crippen LogP contribution in [0.2, 0.25) is 0 Å². The number of rotatable bonds is 7. The molecule has 5 fully saturated rings. The Hall–Kier alpha value is -1.21. The van der Waals surface area contributed by atoms with Crippen LogP contribution in [-0.4, -0.2) is 68.8 Å². The maximum absolute atomic E-state index is 12.8. The first-order chi connectivity index (χ1) is 14.7. The van der Waals surface area contributed by atoms with E-state index in [1.165, 1.54) is 17.1 Å². The minimum Gasteiger partial charge on any atom is -0.326 e. The molecule has 7 atom stereocenters. The van der Waals surface area contributed by atoms with Gasteiger partial charge in [-0.15, -0.1) is 0 Å². The Morgan fingerprint density at radius 3 is 2.81 bits per heavy atom. The van der Waals surface area contributed by atoms with Crippen molar-refractivity contribution in [2.45, 2.75) is 62.9 Å². The third-order valence-corrected chi connectivity index (χ3v) is 10.8. The van der Waals surface area contributed by atoms with Crippen molar-refractivity contribution in [2.75, 3.05) is 33.7 Å². The number of nitrogens with zero attached hydrogens (tertiary/aromatic N) is 3. The van der Waals surface area contributed by atoms with E-state index in [-0.39, 0.29) is 17.5 Å². The lowest BCUT2D eigenvalue weighted by Crippen LogP contribution is -2.51. The van der Waals surface area contributed by atoms with Crippen molar-refractivity contribution in [1.29, 1.82) is 5.26 Å². The number of hydrogen-bond donors (Lipinski definition) is 2. The zero-order chi connectivity index (χ0) is 22.0. The monoisotopic (exact) mass is 449 g/mol. The third kappa shape index (κ3) is 3.41. The van der Waals surface area contributed by atoms with Crippen LogP contribution in [0.3, 0.4) is 0 Å². The smallest absolute Gasteiger partial charge is 0.278 e. The highest BCUT2D eigenvalue weighted by molar-refractivity contribution is 7.87. The van der Waals surface area contributed by atoms with Crippen LogP contribution in [0.4, 0.5) is 0 Å². The second-order valence-corrected chi connectivity index (χ2v) is 13.0. The number of carbonyl (C=O) groups excluding carboxylic acids is 1. The number of likely N-dealkylation sites (tertiary alicyclic amines) is 1. The second kappa shape index (κ2) is 7.41. The van der Waals surface area contributed by atoms with Crippen molar-refractivity contribution >= 4 is 16.1 Å². The van der Waals surface area contributed by atoms with E-state index in [1.807, 2.05) is 0 Å². The van der Waals surface area contributed by atoms with Crippen LogP contribution < -0.4 is 10.0 Å². The molecule has 0 aromatic carbocycles. The van der Waals surface area contributed by atoms with Gasteiger partial charge in [0.15, 0.2) is 0 Å². The summed E-state index contributed by atoms with van der Waals surface area (Å²) in [6.45, 7) is 1.58. The molecule has 0 radical (unpaired) electrons. The molecule has 1 saturated heterocycles. The summed E-state index contributed by atoms with van der Waals surface area (Å²) in [5, 5.41) is 13.0. The molecule has 5 rings (SSSR count). The van der Waals surface area contributed by atoms with Crippen molar-refractivity contribution in [3.8, 4) is 6.07 Å². The molecular formula is C22H35N5O3S. The first-order valence-electron chi connectivity index (χ1n) is 11.8. The largest absolute Gasteiger partial charge is 0.326 e. The van der Waals surface area contributed by atoms with Crippen LogP contribution in [0.15, 0.2) is 0 Å². The lowest BCUT2D eigenvalue weighted by atomic mass is 9.70. The van der Waals surface area contributed by atoms with Gasteiger partial charge in [0.2, 0.25) is 5.91 Å². The van der Waals surface area contributed by atoms with E-state index in [2.05, 4.69) is 16.1 Å². The van der Waals surface area contributed by atoms with Crippen molar-refractivity contribution < 1.29 is 13.2 Å². The minimum absolute atomic E-state index is 0.0496. The van der Waals surface area contributed by atoms with Crippen LogP contribution in [0.25, 0.3) is 0 Å². The highest BCUT2D eigenvalue weighted by atomic mass is 32.2. The molecule has 4 aliphatic carbocycles. The van der Waals surface area contributed by atoms with Gasteiger partial charge in [0.25, 0.3) is 10.2 Å². The number of fused-ring (bicyclic) bond motifs is 2. The molecule has 1 amide bonds. The van der Waals surface area contributed by atoms with E-state index >= 15 is 0 Å². The molecule has 3 bridgehead atoms. The predicted molar refractivity (Wildman–Crippen MR) is 116 cm³/mol. The summed E-state index contributed by atoms with van der Waals surface area (Å²) < 4.78 is 28.5. The van der Waals surface area contributed by atoms with E-state index in [9.17, 15) is 18.5 Å². The summed E-state index contributed by atoms with van der Waals surface area (Å²) >= 11 is 0. The van der Waals surface area contributed by atoms with Gasteiger partial charge in [0.05, 0.1) is 12.6 Å². The normalized spacial score (nSPS) is 43.0. The summed E-state index contributed by atoms with van der Waals surface area (Å²) in [5.74, 6) is 2.39. The lowest BCUT2D eigenvalue weighted by molar-refractivity contribution is -0.130. The van der Waals surface area contributed by atoms with E-state index < -0.39 is 10.2 Å². The minimum atomic E-state index is -3.38. The highest BCUT2D eigenvalue weighted by Crippen LogP contribution is 2.74. The van der Waals surface area contributed by atoms with E-state index in [0.717, 1.165) is 38.5 Å².